The van der Waals surface area contributed by atoms with Gasteiger partial charge < -0.3 is 14.8 Å². The Hall–Kier alpha value is -0.160. The van der Waals surface area contributed by atoms with Crippen LogP contribution >= 0.6 is 0 Å². The summed E-state index contributed by atoms with van der Waals surface area (Å²) in [4.78, 5) is 2.55. The van der Waals surface area contributed by atoms with E-state index in [-0.39, 0.29) is 0 Å². The summed E-state index contributed by atoms with van der Waals surface area (Å²) in [5.41, 5.74) is 0. The van der Waals surface area contributed by atoms with Crippen LogP contribution in [-0.2, 0) is 9.47 Å². The lowest BCUT2D eigenvalue weighted by Gasteiger charge is -2.45. The fraction of sp³-hybridized carbons (Fsp3) is 1.00. The molecule has 2 heterocycles. The molecule has 0 amide bonds. The number of nitrogens with zero attached hydrogens (tertiary/aromatic N) is 1. The van der Waals surface area contributed by atoms with Crippen LogP contribution in [-0.4, -0.2) is 62.0 Å². The predicted molar refractivity (Wildman–Crippen MR) is 68.3 cm³/mol. The number of hydrogen-bond donors (Lipinski definition) is 1. The number of ether oxygens (including phenoxy) is 2. The third-order valence-electron chi connectivity index (χ3n) is 3.71. The van der Waals surface area contributed by atoms with Crippen molar-refractivity contribution in [1.29, 1.82) is 0 Å². The summed E-state index contributed by atoms with van der Waals surface area (Å²) in [5.74, 6) is 0. The first-order valence-electron chi connectivity index (χ1n) is 6.91. The van der Waals surface area contributed by atoms with Gasteiger partial charge in [-0.3, -0.25) is 4.90 Å². The highest BCUT2D eigenvalue weighted by Gasteiger charge is 2.34. The van der Waals surface area contributed by atoms with Crippen LogP contribution in [0.5, 0.6) is 0 Å². The van der Waals surface area contributed by atoms with E-state index in [9.17, 15) is 0 Å². The quantitative estimate of drug-likeness (QED) is 0.796. The van der Waals surface area contributed by atoms with Gasteiger partial charge in [-0.2, -0.15) is 0 Å². The van der Waals surface area contributed by atoms with Crippen molar-refractivity contribution in [2.75, 3.05) is 32.8 Å². The van der Waals surface area contributed by atoms with Crippen molar-refractivity contribution in [3.8, 4) is 0 Å². The Morgan fingerprint density at radius 2 is 1.94 bits per heavy atom. The van der Waals surface area contributed by atoms with Gasteiger partial charge >= 0.3 is 0 Å². The van der Waals surface area contributed by atoms with Crippen LogP contribution in [0.15, 0.2) is 0 Å². The second-order valence-corrected chi connectivity index (χ2v) is 5.31. The average Bonchev–Trinajstić information content (AvgIpc) is 2.29. The van der Waals surface area contributed by atoms with Gasteiger partial charge in [-0.25, -0.2) is 0 Å². The van der Waals surface area contributed by atoms with Gasteiger partial charge in [-0.15, -0.1) is 0 Å². The third kappa shape index (κ3) is 3.41. The van der Waals surface area contributed by atoms with Crippen LogP contribution in [0.1, 0.15) is 27.2 Å². The average molecular weight is 242 g/mol. The monoisotopic (exact) mass is 242 g/mol. The van der Waals surface area contributed by atoms with E-state index >= 15 is 0 Å². The van der Waals surface area contributed by atoms with E-state index in [1.165, 1.54) is 0 Å². The van der Waals surface area contributed by atoms with Crippen molar-refractivity contribution in [2.45, 2.75) is 51.5 Å². The highest BCUT2D eigenvalue weighted by molar-refractivity contribution is 4.90. The van der Waals surface area contributed by atoms with E-state index in [0.717, 1.165) is 39.3 Å². The van der Waals surface area contributed by atoms with Gasteiger partial charge in [0.1, 0.15) is 0 Å². The fourth-order valence-electron chi connectivity index (χ4n) is 3.07. The molecular weight excluding hydrogens is 216 g/mol. The lowest BCUT2D eigenvalue weighted by atomic mass is 10.00. The fourth-order valence-corrected chi connectivity index (χ4v) is 3.07. The van der Waals surface area contributed by atoms with Gasteiger partial charge in [0.25, 0.3) is 0 Å². The lowest BCUT2D eigenvalue weighted by molar-refractivity contribution is -0.104. The van der Waals surface area contributed by atoms with Crippen molar-refractivity contribution >= 4 is 0 Å². The van der Waals surface area contributed by atoms with Crippen LogP contribution in [0.3, 0.4) is 0 Å². The maximum Gasteiger partial charge on any atom is 0.0678 e. The van der Waals surface area contributed by atoms with E-state index in [1.54, 1.807) is 0 Å². The number of nitrogens with one attached hydrogen (secondary N) is 1. The SMILES string of the molecule is CCNC1CCOCC1N1C[C@@H](C)O[C@@H](C)C1. The zero-order chi connectivity index (χ0) is 12.3. The lowest BCUT2D eigenvalue weighted by Crippen LogP contribution is -2.60. The predicted octanol–water partition coefficient (Wildman–Crippen LogP) is 0.863. The number of morpholine rings is 1. The number of rotatable bonds is 3. The topological polar surface area (TPSA) is 33.7 Å². The molecule has 0 spiro atoms. The van der Waals surface area contributed by atoms with Crippen molar-refractivity contribution < 1.29 is 9.47 Å². The zero-order valence-electron chi connectivity index (χ0n) is 11.3. The third-order valence-corrected chi connectivity index (χ3v) is 3.71. The second kappa shape index (κ2) is 6.14. The Bertz CT molecular complexity index is 225. The van der Waals surface area contributed by atoms with E-state index < -0.39 is 0 Å². The van der Waals surface area contributed by atoms with E-state index in [0.29, 0.717) is 24.3 Å². The Morgan fingerprint density at radius 3 is 2.59 bits per heavy atom. The molecule has 0 aliphatic carbocycles. The van der Waals surface area contributed by atoms with Crippen molar-refractivity contribution in [3.05, 3.63) is 0 Å². The molecule has 2 fully saturated rings. The summed E-state index contributed by atoms with van der Waals surface area (Å²) in [6.45, 7) is 11.3. The molecule has 1 N–H and O–H groups in total. The van der Waals surface area contributed by atoms with E-state index in [2.05, 4.69) is 31.0 Å². The van der Waals surface area contributed by atoms with E-state index in [4.69, 9.17) is 9.47 Å². The molecule has 2 aliphatic rings. The first kappa shape index (κ1) is 13.3. The molecular formula is C13H26N2O2. The van der Waals surface area contributed by atoms with Gasteiger partial charge in [-0.05, 0) is 26.8 Å². The van der Waals surface area contributed by atoms with Crippen LogP contribution in [0.2, 0.25) is 0 Å². The molecule has 4 heteroatoms. The van der Waals surface area contributed by atoms with E-state index in [1.807, 2.05) is 0 Å². The first-order valence-corrected chi connectivity index (χ1v) is 6.91. The smallest absolute Gasteiger partial charge is 0.0678 e. The molecule has 0 bridgehead atoms. The minimum atomic E-state index is 0.336. The summed E-state index contributed by atoms with van der Waals surface area (Å²) in [5, 5.41) is 3.60. The molecule has 0 saturated carbocycles. The summed E-state index contributed by atoms with van der Waals surface area (Å²) in [7, 11) is 0. The van der Waals surface area contributed by atoms with Crippen LogP contribution in [0.4, 0.5) is 0 Å². The summed E-state index contributed by atoms with van der Waals surface area (Å²) in [6, 6.07) is 1.09. The van der Waals surface area contributed by atoms with Crippen molar-refractivity contribution in [3.63, 3.8) is 0 Å². The largest absolute Gasteiger partial charge is 0.380 e. The standard InChI is InChI=1S/C13H26N2O2/c1-4-14-12-5-6-16-9-13(12)15-7-10(2)17-11(3)8-15/h10-14H,4-9H2,1-3H3/t10-,11+,12?,13?. The Morgan fingerprint density at radius 1 is 1.24 bits per heavy atom. The molecule has 4 nitrogen and oxygen atoms in total. The summed E-state index contributed by atoms with van der Waals surface area (Å²) < 4.78 is 11.5. The minimum absolute atomic E-state index is 0.336. The Labute approximate surface area is 105 Å². The van der Waals surface area contributed by atoms with Crippen LogP contribution in [0.25, 0.3) is 0 Å². The molecule has 2 aliphatic heterocycles. The molecule has 17 heavy (non-hydrogen) atoms. The van der Waals surface area contributed by atoms with Gasteiger partial charge in [0.2, 0.25) is 0 Å². The Kier molecular flexibility index (Phi) is 4.79. The van der Waals surface area contributed by atoms with Crippen molar-refractivity contribution in [1.82, 2.24) is 10.2 Å². The first-order chi connectivity index (χ1) is 8.20. The molecule has 2 saturated heterocycles. The molecule has 2 unspecified atom stereocenters. The van der Waals surface area contributed by atoms with Gasteiger partial charge in [-0.1, -0.05) is 6.92 Å². The minimum Gasteiger partial charge on any atom is -0.380 e. The number of likely N-dealkylation sites (N-methyl/N-ethyl adjacent to an activating group) is 1. The highest BCUT2D eigenvalue weighted by Crippen LogP contribution is 2.19. The van der Waals surface area contributed by atoms with Crippen LogP contribution in [0, 0.1) is 0 Å². The van der Waals surface area contributed by atoms with Crippen molar-refractivity contribution in [2.24, 2.45) is 0 Å². The molecule has 0 aromatic carbocycles. The second-order valence-electron chi connectivity index (χ2n) is 5.31. The Balaban J connectivity index is 1.97. The maximum absolute atomic E-state index is 5.80. The summed E-state index contributed by atoms with van der Waals surface area (Å²) in [6.07, 6.45) is 1.80. The maximum atomic E-state index is 5.80. The molecule has 100 valence electrons. The molecule has 0 radical (unpaired) electrons. The molecule has 2 rings (SSSR count). The summed E-state index contributed by atoms with van der Waals surface area (Å²) >= 11 is 0. The molecule has 4 atom stereocenters. The van der Waals surface area contributed by atoms with Gasteiger partial charge in [0, 0.05) is 31.8 Å². The molecule has 0 aromatic heterocycles. The number of hydrogen-bond acceptors (Lipinski definition) is 4. The highest BCUT2D eigenvalue weighted by atomic mass is 16.5. The van der Waals surface area contributed by atoms with Gasteiger partial charge in [0.05, 0.1) is 18.8 Å². The molecule has 0 aromatic rings. The van der Waals surface area contributed by atoms with Gasteiger partial charge in [0.15, 0.2) is 0 Å². The zero-order valence-corrected chi connectivity index (χ0v) is 11.3. The van der Waals surface area contributed by atoms with Crippen LogP contribution < -0.4 is 5.32 Å². The normalized spacial score (nSPS) is 40.4.